The van der Waals surface area contributed by atoms with Crippen molar-refractivity contribution in [2.45, 2.75) is 77.1 Å². The molecule has 2 heterocycles. The standard InChI is InChI=1S/C23H30F3N3S/c1-22(2)19(28-13-6-7-14-28)20(27-17-10-4-3-5-11-17)29(21(22)30)18-12-8-9-16(15-18)23(24,25)26/h8-9,12,15,17,19H,3-7,10-11,13-14H2,1-2H3. The summed E-state index contributed by atoms with van der Waals surface area (Å²) in [6, 6.07) is 5.75. The number of anilines is 1. The lowest BCUT2D eigenvalue weighted by atomic mass is 9.86. The molecule has 3 nitrogen and oxygen atoms in total. The third kappa shape index (κ3) is 4.03. The number of alkyl halides is 3. The third-order valence-corrected chi connectivity index (χ3v) is 7.45. The summed E-state index contributed by atoms with van der Waals surface area (Å²) >= 11 is 5.89. The van der Waals surface area contributed by atoms with E-state index >= 15 is 0 Å². The Balaban J connectivity index is 1.80. The normalized spacial score (nSPS) is 27.4. The van der Waals surface area contributed by atoms with E-state index in [4.69, 9.17) is 17.2 Å². The van der Waals surface area contributed by atoms with Gasteiger partial charge >= 0.3 is 6.18 Å². The second-order valence-electron chi connectivity index (χ2n) is 9.34. The molecule has 0 N–H and O–H groups in total. The molecular weight excluding hydrogens is 407 g/mol. The van der Waals surface area contributed by atoms with Crippen molar-refractivity contribution in [3.8, 4) is 0 Å². The first-order valence-electron chi connectivity index (χ1n) is 11.0. The molecule has 164 valence electrons. The van der Waals surface area contributed by atoms with Crippen LogP contribution in [0.4, 0.5) is 18.9 Å². The van der Waals surface area contributed by atoms with E-state index in [1.807, 2.05) is 4.90 Å². The number of amidine groups is 1. The zero-order chi connectivity index (χ0) is 21.5. The average molecular weight is 438 g/mol. The van der Waals surface area contributed by atoms with Gasteiger partial charge in [0.05, 0.1) is 22.6 Å². The topological polar surface area (TPSA) is 18.8 Å². The lowest BCUT2D eigenvalue weighted by Crippen LogP contribution is -2.46. The Labute approximate surface area is 182 Å². The van der Waals surface area contributed by atoms with Crippen molar-refractivity contribution >= 4 is 28.7 Å². The van der Waals surface area contributed by atoms with Crippen molar-refractivity contribution in [3.63, 3.8) is 0 Å². The van der Waals surface area contributed by atoms with Gasteiger partial charge in [-0.05, 0) is 57.0 Å². The first kappa shape index (κ1) is 21.8. The minimum atomic E-state index is -4.39. The molecule has 4 rings (SSSR count). The van der Waals surface area contributed by atoms with Crippen LogP contribution in [0.15, 0.2) is 29.3 Å². The molecule has 2 aliphatic heterocycles. The van der Waals surface area contributed by atoms with Gasteiger partial charge in [0.15, 0.2) is 0 Å². The van der Waals surface area contributed by atoms with Crippen molar-refractivity contribution in [1.82, 2.24) is 4.90 Å². The third-order valence-electron chi connectivity index (χ3n) is 6.74. The molecule has 30 heavy (non-hydrogen) atoms. The van der Waals surface area contributed by atoms with Crippen LogP contribution in [0, 0.1) is 5.41 Å². The molecule has 0 bridgehead atoms. The number of benzene rings is 1. The first-order valence-corrected chi connectivity index (χ1v) is 11.4. The fraction of sp³-hybridized carbons (Fsp3) is 0.652. The number of nitrogens with zero attached hydrogens (tertiary/aromatic N) is 3. The van der Waals surface area contributed by atoms with E-state index in [1.54, 1.807) is 6.07 Å². The minimum absolute atomic E-state index is 0.00368. The molecule has 1 atom stereocenters. The van der Waals surface area contributed by atoms with Crippen LogP contribution in [0.1, 0.15) is 64.4 Å². The Morgan fingerprint density at radius 1 is 1.03 bits per heavy atom. The van der Waals surface area contributed by atoms with Gasteiger partial charge in [-0.15, -0.1) is 0 Å². The summed E-state index contributed by atoms with van der Waals surface area (Å²) in [5.74, 6) is 0.845. The maximum absolute atomic E-state index is 13.4. The number of halogens is 3. The van der Waals surface area contributed by atoms with Gasteiger partial charge in [0.2, 0.25) is 0 Å². The van der Waals surface area contributed by atoms with Crippen molar-refractivity contribution in [2.24, 2.45) is 10.4 Å². The number of aliphatic imine (C=N–C) groups is 1. The van der Waals surface area contributed by atoms with Gasteiger partial charge in [0, 0.05) is 11.1 Å². The van der Waals surface area contributed by atoms with E-state index in [2.05, 4.69) is 18.7 Å². The monoisotopic (exact) mass is 437 g/mol. The second kappa shape index (κ2) is 8.23. The van der Waals surface area contributed by atoms with E-state index in [-0.39, 0.29) is 17.5 Å². The molecule has 1 aromatic carbocycles. The molecule has 3 fully saturated rings. The zero-order valence-corrected chi connectivity index (χ0v) is 18.5. The molecular formula is C23H30F3N3S. The molecule has 0 aromatic heterocycles. The number of rotatable bonds is 3. The Bertz CT molecular complexity index is 821. The average Bonchev–Trinajstić information content (AvgIpc) is 3.28. The number of hydrogen-bond donors (Lipinski definition) is 0. The van der Waals surface area contributed by atoms with Gasteiger partial charge in [-0.3, -0.25) is 14.8 Å². The smallest absolute Gasteiger partial charge is 0.293 e. The first-order chi connectivity index (χ1) is 14.2. The van der Waals surface area contributed by atoms with Crippen molar-refractivity contribution in [1.29, 1.82) is 0 Å². The molecule has 7 heteroatoms. The number of likely N-dealkylation sites (tertiary alicyclic amines) is 1. The molecule has 0 radical (unpaired) electrons. The van der Waals surface area contributed by atoms with E-state index in [9.17, 15) is 13.2 Å². The van der Waals surface area contributed by atoms with Crippen LogP contribution in [-0.2, 0) is 6.18 Å². The molecule has 1 aromatic rings. The largest absolute Gasteiger partial charge is 0.416 e. The van der Waals surface area contributed by atoms with Gasteiger partial charge in [0.1, 0.15) is 5.84 Å². The zero-order valence-electron chi connectivity index (χ0n) is 17.7. The Morgan fingerprint density at radius 3 is 2.33 bits per heavy atom. The summed E-state index contributed by atoms with van der Waals surface area (Å²) in [5.41, 5.74) is -0.553. The highest BCUT2D eigenvalue weighted by molar-refractivity contribution is 7.80. The van der Waals surface area contributed by atoms with Gasteiger partial charge in [0.25, 0.3) is 0 Å². The fourth-order valence-corrected chi connectivity index (χ4v) is 5.48. The SMILES string of the molecule is CC1(C)C(=S)N(c2cccc(C(F)(F)F)c2)C(=NC2CCCCC2)C1N1CCCC1. The van der Waals surface area contributed by atoms with Crippen LogP contribution < -0.4 is 4.90 Å². The van der Waals surface area contributed by atoms with Crippen LogP contribution in [0.3, 0.4) is 0 Å². The van der Waals surface area contributed by atoms with Crippen LogP contribution in [0.5, 0.6) is 0 Å². The summed E-state index contributed by atoms with van der Waals surface area (Å²) in [6.07, 6.45) is 3.53. The molecule has 1 aliphatic carbocycles. The van der Waals surface area contributed by atoms with Gasteiger partial charge < -0.3 is 0 Å². The maximum atomic E-state index is 13.4. The Morgan fingerprint density at radius 2 is 1.70 bits per heavy atom. The Hall–Kier alpha value is -1.47. The van der Waals surface area contributed by atoms with E-state index in [0.29, 0.717) is 10.7 Å². The lowest BCUT2D eigenvalue weighted by Gasteiger charge is -2.33. The molecule has 1 saturated carbocycles. The predicted octanol–water partition coefficient (Wildman–Crippen LogP) is 6.07. The number of thiocarbonyl (C=S) groups is 1. The van der Waals surface area contributed by atoms with Crippen LogP contribution in [-0.4, -0.2) is 40.9 Å². The molecule has 0 amide bonds. The number of hydrogen-bond acceptors (Lipinski definition) is 3. The Kier molecular flexibility index (Phi) is 5.96. The minimum Gasteiger partial charge on any atom is -0.293 e. The second-order valence-corrected chi connectivity index (χ2v) is 9.72. The van der Waals surface area contributed by atoms with Crippen LogP contribution >= 0.6 is 12.2 Å². The predicted molar refractivity (Wildman–Crippen MR) is 119 cm³/mol. The highest BCUT2D eigenvalue weighted by Crippen LogP contribution is 2.43. The summed E-state index contributed by atoms with van der Waals surface area (Å²) in [6.45, 7) is 6.19. The fourth-order valence-electron chi connectivity index (χ4n) is 5.17. The van der Waals surface area contributed by atoms with Gasteiger partial charge in [-0.25, -0.2) is 0 Å². The maximum Gasteiger partial charge on any atom is 0.416 e. The van der Waals surface area contributed by atoms with Crippen molar-refractivity contribution < 1.29 is 13.2 Å². The van der Waals surface area contributed by atoms with Gasteiger partial charge in [-0.2, -0.15) is 13.2 Å². The van der Waals surface area contributed by atoms with E-state index in [0.717, 1.165) is 63.5 Å². The highest BCUT2D eigenvalue weighted by Gasteiger charge is 2.52. The quantitative estimate of drug-likeness (QED) is 0.535. The van der Waals surface area contributed by atoms with Crippen molar-refractivity contribution in [2.75, 3.05) is 18.0 Å². The summed E-state index contributed by atoms with van der Waals surface area (Å²) in [7, 11) is 0. The lowest BCUT2D eigenvalue weighted by molar-refractivity contribution is -0.137. The van der Waals surface area contributed by atoms with Crippen LogP contribution in [0.2, 0.25) is 0 Å². The molecule has 1 unspecified atom stereocenters. The molecule has 2 saturated heterocycles. The van der Waals surface area contributed by atoms with Crippen molar-refractivity contribution in [3.05, 3.63) is 29.8 Å². The van der Waals surface area contributed by atoms with E-state index < -0.39 is 11.7 Å². The highest BCUT2D eigenvalue weighted by atomic mass is 32.1. The summed E-state index contributed by atoms with van der Waals surface area (Å²) in [5, 5.41) is 0. The van der Waals surface area contributed by atoms with E-state index in [1.165, 1.54) is 18.6 Å². The van der Waals surface area contributed by atoms with Gasteiger partial charge in [-0.1, -0.05) is 51.4 Å². The molecule has 3 aliphatic rings. The summed E-state index contributed by atoms with van der Waals surface area (Å²) < 4.78 is 40.2. The van der Waals surface area contributed by atoms with Crippen LogP contribution in [0.25, 0.3) is 0 Å². The summed E-state index contributed by atoms with van der Waals surface area (Å²) in [4.78, 5) is 10.1. The molecule has 0 spiro atoms.